The minimum absolute atomic E-state index is 0.847. The highest BCUT2D eigenvalue weighted by atomic mass is 79.9. The molecule has 0 amide bonds. The Labute approximate surface area is 128 Å². The Hall–Kier alpha value is -1.62. The molecule has 2 aromatic rings. The molecule has 2 rings (SSSR count). The third-order valence-corrected chi connectivity index (χ3v) is 3.72. The van der Waals surface area contributed by atoms with Crippen molar-refractivity contribution in [3.8, 4) is 0 Å². The Bertz CT molecular complexity index is 598. The average Bonchev–Trinajstić information content (AvgIpc) is 2.45. The molecule has 0 aliphatic carbocycles. The molecular weight excluding hydrogens is 316 g/mol. The van der Waals surface area contributed by atoms with Crippen LogP contribution < -0.4 is 10.6 Å². The first-order chi connectivity index (χ1) is 9.65. The van der Waals surface area contributed by atoms with E-state index in [4.69, 9.17) is 0 Å². The van der Waals surface area contributed by atoms with E-state index < -0.39 is 0 Å². The van der Waals surface area contributed by atoms with Gasteiger partial charge in [-0.05, 0) is 41.4 Å². The number of aromatic nitrogens is 2. The summed E-state index contributed by atoms with van der Waals surface area (Å²) in [5, 5.41) is 6.51. The van der Waals surface area contributed by atoms with Gasteiger partial charge in [0, 0.05) is 23.5 Å². The molecule has 0 fully saturated rings. The molecule has 0 atom stereocenters. The molecule has 0 saturated carbocycles. The molecule has 0 saturated heterocycles. The molecule has 1 aromatic carbocycles. The van der Waals surface area contributed by atoms with E-state index in [0.717, 1.165) is 46.0 Å². The van der Waals surface area contributed by atoms with Gasteiger partial charge in [0.25, 0.3) is 0 Å². The standard InChI is InChI=1S/C15H19BrN4/c1-4-7-13-19-14(17-3)10(2)15(20-13)18-12-9-6-5-8-11(12)16/h5-6,8-9H,4,7H2,1-3H3,(H2,17,18,19,20). The molecule has 0 aliphatic rings. The molecule has 0 spiro atoms. The number of hydrogen-bond acceptors (Lipinski definition) is 4. The lowest BCUT2D eigenvalue weighted by Gasteiger charge is -2.14. The maximum absolute atomic E-state index is 4.62. The van der Waals surface area contributed by atoms with Crippen LogP contribution in [0.4, 0.5) is 17.3 Å². The fourth-order valence-corrected chi connectivity index (χ4v) is 2.34. The number of aryl methyl sites for hydroxylation is 1. The topological polar surface area (TPSA) is 49.8 Å². The van der Waals surface area contributed by atoms with Crippen molar-refractivity contribution < 1.29 is 0 Å². The molecule has 106 valence electrons. The van der Waals surface area contributed by atoms with Crippen LogP contribution in [0, 0.1) is 6.92 Å². The first-order valence-electron chi connectivity index (χ1n) is 6.72. The van der Waals surface area contributed by atoms with Gasteiger partial charge >= 0.3 is 0 Å². The van der Waals surface area contributed by atoms with Gasteiger partial charge in [0.1, 0.15) is 17.5 Å². The number of hydrogen-bond donors (Lipinski definition) is 2. The normalized spacial score (nSPS) is 10.4. The lowest BCUT2D eigenvalue weighted by molar-refractivity contribution is 0.835. The molecule has 20 heavy (non-hydrogen) atoms. The minimum Gasteiger partial charge on any atom is -0.373 e. The molecule has 0 unspecified atom stereocenters. The zero-order valence-corrected chi connectivity index (χ0v) is 13.6. The summed E-state index contributed by atoms with van der Waals surface area (Å²) in [6, 6.07) is 8.01. The smallest absolute Gasteiger partial charge is 0.139 e. The molecular formula is C15H19BrN4. The zero-order chi connectivity index (χ0) is 14.5. The van der Waals surface area contributed by atoms with Gasteiger partial charge in [-0.15, -0.1) is 0 Å². The van der Waals surface area contributed by atoms with Gasteiger partial charge in [-0.1, -0.05) is 19.1 Å². The van der Waals surface area contributed by atoms with E-state index in [-0.39, 0.29) is 0 Å². The lowest BCUT2D eigenvalue weighted by atomic mass is 10.2. The largest absolute Gasteiger partial charge is 0.373 e. The number of para-hydroxylation sites is 1. The van der Waals surface area contributed by atoms with Crippen LogP contribution in [0.25, 0.3) is 0 Å². The van der Waals surface area contributed by atoms with Crippen molar-refractivity contribution in [3.63, 3.8) is 0 Å². The quantitative estimate of drug-likeness (QED) is 0.856. The second kappa shape index (κ2) is 6.70. The number of nitrogens with zero attached hydrogens (tertiary/aromatic N) is 2. The monoisotopic (exact) mass is 334 g/mol. The number of benzene rings is 1. The summed E-state index contributed by atoms with van der Waals surface area (Å²) in [4.78, 5) is 9.16. The Morgan fingerprint density at radius 2 is 1.85 bits per heavy atom. The van der Waals surface area contributed by atoms with Gasteiger partial charge in [0.2, 0.25) is 0 Å². The predicted octanol–water partition coefficient (Wildman–Crippen LogP) is 4.29. The van der Waals surface area contributed by atoms with Crippen molar-refractivity contribution in [1.82, 2.24) is 9.97 Å². The first kappa shape index (κ1) is 14.8. The number of halogens is 1. The first-order valence-corrected chi connectivity index (χ1v) is 7.51. The molecule has 0 radical (unpaired) electrons. The Kier molecular flexibility index (Phi) is 4.95. The Balaban J connectivity index is 2.39. The second-order valence-corrected chi connectivity index (χ2v) is 5.42. The highest BCUT2D eigenvalue weighted by Gasteiger charge is 2.10. The van der Waals surface area contributed by atoms with Crippen molar-refractivity contribution >= 4 is 33.3 Å². The van der Waals surface area contributed by atoms with Crippen LogP contribution in [0.5, 0.6) is 0 Å². The van der Waals surface area contributed by atoms with Crippen LogP contribution in [0.1, 0.15) is 24.7 Å². The van der Waals surface area contributed by atoms with Crippen LogP contribution in [0.2, 0.25) is 0 Å². The summed E-state index contributed by atoms with van der Waals surface area (Å²) in [6.07, 6.45) is 1.90. The van der Waals surface area contributed by atoms with Crippen molar-refractivity contribution in [3.05, 3.63) is 40.1 Å². The van der Waals surface area contributed by atoms with E-state index in [1.54, 1.807) is 0 Å². The maximum Gasteiger partial charge on any atom is 0.139 e. The highest BCUT2D eigenvalue weighted by molar-refractivity contribution is 9.10. The van der Waals surface area contributed by atoms with E-state index in [1.165, 1.54) is 0 Å². The molecule has 1 heterocycles. The van der Waals surface area contributed by atoms with Gasteiger partial charge in [-0.3, -0.25) is 0 Å². The fourth-order valence-electron chi connectivity index (χ4n) is 1.95. The summed E-state index contributed by atoms with van der Waals surface area (Å²) in [5.41, 5.74) is 2.02. The summed E-state index contributed by atoms with van der Waals surface area (Å²) in [7, 11) is 1.88. The van der Waals surface area contributed by atoms with E-state index in [9.17, 15) is 0 Å². The van der Waals surface area contributed by atoms with E-state index >= 15 is 0 Å². The SMILES string of the molecule is CCCc1nc(NC)c(C)c(Nc2ccccc2Br)n1. The Morgan fingerprint density at radius 1 is 1.15 bits per heavy atom. The van der Waals surface area contributed by atoms with Crippen LogP contribution in [0.3, 0.4) is 0 Å². The molecule has 1 aromatic heterocycles. The van der Waals surface area contributed by atoms with E-state index in [2.05, 4.69) is 43.5 Å². The summed E-state index contributed by atoms with van der Waals surface area (Å²) >= 11 is 3.54. The molecule has 2 N–H and O–H groups in total. The maximum atomic E-state index is 4.62. The second-order valence-electron chi connectivity index (χ2n) is 4.57. The lowest BCUT2D eigenvalue weighted by Crippen LogP contribution is -2.07. The van der Waals surface area contributed by atoms with Crippen LogP contribution >= 0.6 is 15.9 Å². The summed E-state index contributed by atoms with van der Waals surface area (Å²) in [5.74, 6) is 2.58. The van der Waals surface area contributed by atoms with E-state index in [0.29, 0.717) is 0 Å². The Morgan fingerprint density at radius 3 is 2.50 bits per heavy atom. The van der Waals surface area contributed by atoms with Gasteiger partial charge in [-0.2, -0.15) is 0 Å². The van der Waals surface area contributed by atoms with Gasteiger partial charge in [-0.25, -0.2) is 9.97 Å². The third-order valence-electron chi connectivity index (χ3n) is 3.03. The fraction of sp³-hybridized carbons (Fsp3) is 0.333. The molecule has 0 aliphatic heterocycles. The minimum atomic E-state index is 0.847. The molecule has 4 nitrogen and oxygen atoms in total. The van der Waals surface area contributed by atoms with Crippen molar-refractivity contribution in [2.45, 2.75) is 26.7 Å². The average molecular weight is 335 g/mol. The van der Waals surface area contributed by atoms with Gasteiger partial charge in [0.05, 0.1) is 5.69 Å². The highest BCUT2D eigenvalue weighted by Crippen LogP contribution is 2.28. The van der Waals surface area contributed by atoms with E-state index in [1.807, 2.05) is 38.2 Å². The number of nitrogens with one attached hydrogen (secondary N) is 2. The predicted molar refractivity (Wildman–Crippen MR) is 87.7 cm³/mol. The molecule has 5 heteroatoms. The number of rotatable bonds is 5. The summed E-state index contributed by atoms with van der Waals surface area (Å²) < 4.78 is 1.01. The summed E-state index contributed by atoms with van der Waals surface area (Å²) in [6.45, 7) is 4.14. The molecule has 0 bridgehead atoms. The van der Waals surface area contributed by atoms with Crippen LogP contribution in [-0.2, 0) is 6.42 Å². The third kappa shape index (κ3) is 3.28. The van der Waals surface area contributed by atoms with Crippen molar-refractivity contribution in [1.29, 1.82) is 0 Å². The van der Waals surface area contributed by atoms with Gasteiger partial charge < -0.3 is 10.6 Å². The van der Waals surface area contributed by atoms with Gasteiger partial charge in [0.15, 0.2) is 0 Å². The van der Waals surface area contributed by atoms with Crippen molar-refractivity contribution in [2.24, 2.45) is 0 Å². The van der Waals surface area contributed by atoms with Crippen molar-refractivity contribution in [2.75, 3.05) is 17.7 Å². The zero-order valence-electron chi connectivity index (χ0n) is 12.0. The number of anilines is 3. The van der Waals surface area contributed by atoms with Crippen LogP contribution in [0.15, 0.2) is 28.7 Å². The van der Waals surface area contributed by atoms with Crippen LogP contribution in [-0.4, -0.2) is 17.0 Å².